The molecule has 0 unspecified atom stereocenters. The highest BCUT2D eigenvalue weighted by Gasteiger charge is 2.23. The van der Waals surface area contributed by atoms with E-state index in [1.165, 1.54) is 0 Å². The van der Waals surface area contributed by atoms with Crippen molar-refractivity contribution in [3.8, 4) is 0 Å². The van der Waals surface area contributed by atoms with Gasteiger partial charge in [-0.25, -0.2) is 4.79 Å². The number of carboxylic acids is 1. The topological polar surface area (TPSA) is 82.7 Å². The lowest BCUT2D eigenvalue weighted by molar-refractivity contribution is 0.0697. The summed E-state index contributed by atoms with van der Waals surface area (Å²) in [5.74, 6) is 0.532. The van der Waals surface area contributed by atoms with E-state index < -0.39 is 5.97 Å². The van der Waals surface area contributed by atoms with E-state index in [1.807, 2.05) is 12.1 Å². The number of rotatable bonds is 5. The van der Waals surface area contributed by atoms with Crippen LogP contribution in [0.2, 0.25) is 0 Å². The minimum absolute atomic E-state index is 0.125. The molecule has 26 heavy (non-hydrogen) atoms. The number of hydrogen-bond donors (Lipinski definition) is 1. The Morgan fingerprint density at radius 2 is 1.65 bits per heavy atom. The average molecular weight is 358 g/mol. The molecule has 1 aromatic carbocycles. The number of carboxylic acid groups (broad SMARTS) is 1. The first kappa shape index (κ1) is 18.5. The molecular weight excluding hydrogens is 332 g/mol. The largest absolute Gasteiger partial charge is 0.478 e. The maximum atomic E-state index is 10.9. The highest BCUT2D eigenvalue weighted by Crippen LogP contribution is 2.20. The van der Waals surface area contributed by atoms with Gasteiger partial charge in [0.25, 0.3) is 0 Å². The van der Waals surface area contributed by atoms with Crippen LogP contribution in [0, 0.1) is 0 Å². The molecule has 1 aromatic heterocycles. The number of nitrogens with zero attached hydrogens (tertiary/aromatic N) is 4. The van der Waals surface area contributed by atoms with Gasteiger partial charge in [-0.15, -0.1) is 0 Å². The van der Waals surface area contributed by atoms with E-state index in [4.69, 9.17) is 9.63 Å². The van der Waals surface area contributed by atoms with E-state index in [1.54, 1.807) is 12.1 Å². The van der Waals surface area contributed by atoms with E-state index in [0.29, 0.717) is 18.0 Å². The Hall–Kier alpha value is -2.25. The van der Waals surface area contributed by atoms with Gasteiger partial charge < -0.3 is 9.63 Å². The molecule has 1 aliphatic heterocycles. The van der Waals surface area contributed by atoms with Crippen molar-refractivity contribution in [2.45, 2.75) is 39.3 Å². The third kappa shape index (κ3) is 4.68. The fraction of sp³-hybridized carbons (Fsp3) is 0.526. The summed E-state index contributed by atoms with van der Waals surface area (Å²) in [5.41, 5.74) is 1.34. The smallest absolute Gasteiger partial charge is 0.335 e. The molecule has 7 heteroatoms. The molecule has 7 nitrogen and oxygen atoms in total. The number of hydrogen-bond acceptors (Lipinski definition) is 6. The summed E-state index contributed by atoms with van der Waals surface area (Å²) in [6, 6.07) is 7.11. The van der Waals surface area contributed by atoms with Gasteiger partial charge in [-0.1, -0.05) is 38.1 Å². The van der Waals surface area contributed by atoms with E-state index >= 15 is 0 Å². The van der Waals surface area contributed by atoms with Crippen molar-refractivity contribution in [1.29, 1.82) is 0 Å². The molecule has 1 saturated heterocycles. The van der Waals surface area contributed by atoms with Gasteiger partial charge in [-0.3, -0.25) is 9.80 Å². The Balaban J connectivity index is 1.48. The first-order valence-corrected chi connectivity index (χ1v) is 8.91. The van der Waals surface area contributed by atoms with Crippen LogP contribution < -0.4 is 0 Å². The van der Waals surface area contributed by atoms with Gasteiger partial charge in [0.15, 0.2) is 5.82 Å². The van der Waals surface area contributed by atoms with Crippen molar-refractivity contribution in [3.63, 3.8) is 0 Å². The van der Waals surface area contributed by atoms with Crippen LogP contribution in [0.25, 0.3) is 0 Å². The fourth-order valence-electron chi connectivity index (χ4n) is 2.94. The monoisotopic (exact) mass is 358 g/mol. The summed E-state index contributed by atoms with van der Waals surface area (Å²) >= 11 is 0. The van der Waals surface area contributed by atoms with Crippen molar-refractivity contribution < 1.29 is 14.4 Å². The van der Waals surface area contributed by atoms with Crippen LogP contribution in [0.5, 0.6) is 0 Å². The molecule has 1 N–H and O–H groups in total. The summed E-state index contributed by atoms with van der Waals surface area (Å²) in [4.78, 5) is 20.1. The molecule has 0 aliphatic carbocycles. The Morgan fingerprint density at radius 3 is 2.15 bits per heavy atom. The predicted octanol–water partition coefficient (Wildman–Crippen LogP) is 2.38. The number of aromatic nitrogens is 2. The molecule has 140 valence electrons. The van der Waals surface area contributed by atoms with Gasteiger partial charge in [0.05, 0.1) is 12.1 Å². The number of aromatic carboxylic acids is 1. The number of carbonyl (C=O) groups is 1. The van der Waals surface area contributed by atoms with Gasteiger partial charge in [0.2, 0.25) is 5.89 Å². The molecule has 0 atom stereocenters. The lowest BCUT2D eigenvalue weighted by Crippen LogP contribution is -2.45. The van der Waals surface area contributed by atoms with Crippen LogP contribution >= 0.6 is 0 Å². The van der Waals surface area contributed by atoms with Gasteiger partial charge >= 0.3 is 5.97 Å². The third-order valence-electron chi connectivity index (χ3n) is 4.55. The minimum Gasteiger partial charge on any atom is -0.478 e. The van der Waals surface area contributed by atoms with Gasteiger partial charge in [-0.2, -0.15) is 4.98 Å². The highest BCUT2D eigenvalue weighted by molar-refractivity contribution is 5.87. The van der Waals surface area contributed by atoms with E-state index in [2.05, 4.69) is 40.7 Å². The van der Waals surface area contributed by atoms with Gasteiger partial charge in [0.1, 0.15) is 0 Å². The number of piperazine rings is 1. The molecule has 1 fully saturated rings. The van der Waals surface area contributed by atoms with Crippen LogP contribution in [-0.4, -0.2) is 57.2 Å². The first-order chi connectivity index (χ1) is 12.3. The normalized spacial score (nSPS) is 16.7. The molecule has 0 radical (unpaired) electrons. The quantitative estimate of drug-likeness (QED) is 0.878. The standard InChI is InChI=1S/C19H26N4O3/c1-19(2,3)18-20-16(21-26-18)13-23-10-8-22(9-11-23)12-14-4-6-15(7-5-14)17(24)25/h4-7H,8-13H2,1-3H3,(H,24,25). The second kappa shape index (κ2) is 7.55. The summed E-state index contributed by atoms with van der Waals surface area (Å²) in [7, 11) is 0. The number of benzene rings is 1. The van der Waals surface area contributed by atoms with E-state index in [9.17, 15) is 4.79 Å². The Bertz CT molecular complexity index is 741. The van der Waals surface area contributed by atoms with E-state index in [0.717, 1.165) is 44.1 Å². The zero-order valence-electron chi connectivity index (χ0n) is 15.6. The lowest BCUT2D eigenvalue weighted by Gasteiger charge is -2.34. The first-order valence-electron chi connectivity index (χ1n) is 8.91. The van der Waals surface area contributed by atoms with E-state index in [-0.39, 0.29) is 5.41 Å². The Morgan fingerprint density at radius 1 is 1.08 bits per heavy atom. The summed E-state index contributed by atoms with van der Waals surface area (Å²) in [6.45, 7) is 11.6. The maximum Gasteiger partial charge on any atom is 0.335 e. The summed E-state index contributed by atoms with van der Waals surface area (Å²) in [6.07, 6.45) is 0. The Kier molecular flexibility index (Phi) is 5.38. The summed E-state index contributed by atoms with van der Waals surface area (Å²) < 4.78 is 5.36. The fourth-order valence-corrected chi connectivity index (χ4v) is 2.94. The molecule has 0 spiro atoms. The van der Waals surface area contributed by atoms with Crippen LogP contribution in [0.4, 0.5) is 0 Å². The van der Waals surface area contributed by atoms with Crippen molar-refractivity contribution in [1.82, 2.24) is 19.9 Å². The molecule has 3 rings (SSSR count). The minimum atomic E-state index is -0.888. The SMILES string of the molecule is CC(C)(C)c1nc(CN2CCN(Cc3ccc(C(=O)O)cc3)CC2)no1. The molecule has 2 aromatic rings. The third-order valence-corrected chi connectivity index (χ3v) is 4.55. The van der Waals surface area contributed by atoms with Gasteiger partial charge in [0, 0.05) is 38.1 Å². The van der Waals surface area contributed by atoms with Crippen molar-refractivity contribution >= 4 is 5.97 Å². The zero-order valence-corrected chi connectivity index (χ0v) is 15.6. The van der Waals surface area contributed by atoms with Gasteiger partial charge in [-0.05, 0) is 17.7 Å². The summed E-state index contributed by atoms with van der Waals surface area (Å²) in [5, 5.41) is 13.1. The van der Waals surface area contributed by atoms with Crippen molar-refractivity contribution in [2.24, 2.45) is 0 Å². The average Bonchev–Trinajstić information content (AvgIpc) is 3.06. The molecule has 0 amide bonds. The lowest BCUT2D eigenvalue weighted by atomic mass is 9.97. The van der Waals surface area contributed by atoms with Crippen LogP contribution in [0.3, 0.4) is 0 Å². The molecule has 2 heterocycles. The molecule has 0 saturated carbocycles. The highest BCUT2D eigenvalue weighted by atomic mass is 16.5. The molecular formula is C19H26N4O3. The van der Waals surface area contributed by atoms with Crippen LogP contribution in [0.1, 0.15) is 48.4 Å². The molecule has 0 bridgehead atoms. The maximum absolute atomic E-state index is 10.9. The van der Waals surface area contributed by atoms with Crippen LogP contribution in [-0.2, 0) is 18.5 Å². The van der Waals surface area contributed by atoms with Crippen LogP contribution in [0.15, 0.2) is 28.8 Å². The van der Waals surface area contributed by atoms with Crippen molar-refractivity contribution in [2.75, 3.05) is 26.2 Å². The predicted molar refractivity (Wildman–Crippen MR) is 97.0 cm³/mol. The second-order valence-corrected chi connectivity index (χ2v) is 7.82. The zero-order chi connectivity index (χ0) is 18.7. The van der Waals surface area contributed by atoms with Crippen molar-refractivity contribution in [3.05, 3.63) is 47.1 Å². The second-order valence-electron chi connectivity index (χ2n) is 7.82. The molecule has 1 aliphatic rings. The Labute approximate surface area is 153 Å².